The third-order valence-corrected chi connectivity index (χ3v) is 4.00. The highest BCUT2D eigenvalue weighted by atomic mass is 16.5. The van der Waals surface area contributed by atoms with E-state index >= 15 is 0 Å². The Hall–Kier alpha value is -1.66. The summed E-state index contributed by atoms with van der Waals surface area (Å²) in [7, 11) is 5.52. The van der Waals surface area contributed by atoms with Gasteiger partial charge in [0.15, 0.2) is 0 Å². The summed E-state index contributed by atoms with van der Waals surface area (Å²) in [6.45, 7) is 1.63. The smallest absolute Gasteiger partial charge is 0.250 e. The van der Waals surface area contributed by atoms with Gasteiger partial charge in [-0.2, -0.15) is 0 Å². The molecule has 1 atom stereocenters. The Morgan fingerprint density at radius 2 is 2.23 bits per heavy atom. The Balaban J connectivity index is 2.11. The number of ether oxygens (including phenoxy) is 1. The van der Waals surface area contributed by atoms with Gasteiger partial charge in [-0.15, -0.1) is 0 Å². The van der Waals surface area contributed by atoms with Crippen molar-refractivity contribution in [3.63, 3.8) is 0 Å². The molecule has 0 aliphatic heterocycles. The van der Waals surface area contributed by atoms with Crippen LogP contribution in [0.5, 0.6) is 0 Å². The Morgan fingerprint density at radius 3 is 2.91 bits per heavy atom. The quantitative estimate of drug-likeness (QED) is 0.805. The molecule has 0 spiro atoms. The van der Waals surface area contributed by atoms with E-state index < -0.39 is 0 Å². The van der Waals surface area contributed by atoms with Crippen LogP contribution in [0.15, 0.2) is 16.9 Å². The second-order valence-corrected chi connectivity index (χ2v) is 6.04. The number of nitrogens with zero attached hydrogens (tertiary/aromatic N) is 2. The van der Waals surface area contributed by atoms with Crippen molar-refractivity contribution >= 4 is 5.91 Å². The van der Waals surface area contributed by atoms with Crippen molar-refractivity contribution in [3.05, 3.63) is 33.7 Å². The Morgan fingerprint density at radius 1 is 1.45 bits per heavy atom. The van der Waals surface area contributed by atoms with Crippen LogP contribution in [0.4, 0.5) is 0 Å². The van der Waals surface area contributed by atoms with E-state index in [9.17, 15) is 9.59 Å². The minimum atomic E-state index is -0.0862. The molecule has 1 aliphatic carbocycles. The highest BCUT2D eigenvalue weighted by molar-refractivity contribution is 5.77. The standard InChI is InChI=1S/C16H25N3O3/c1-18(2)8-9-19-14-6-5-13(17-15(20)11-22-3)10-12(14)4-7-16(19)21/h4,7,13H,5-6,8-11H2,1-3H3,(H,17,20)/t13-/m1/s1. The topological polar surface area (TPSA) is 63.6 Å². The van der Waals surface area contributed by atoms with Crippen LogP contribution in [0, 0.1) is 0 Å². The first kappa shape index (κ1) is 16.7. The molecule has 1 N–H and O–H groups in total. The van der Waals surface area contributed by atoms with E-state index in [1.165, 1.54) is 7.11 Å². The van der Waals surface area contributed by atoms with Gasteiger partial charge in [-0.25, -0.2) is 0 Å². The number of methoxy groups -OCH3 is 1. The molecular weight excluding hydrogens is 282 g/mol. The van der Waals surface area contributed by atoms with Crippen molar-refractivity contribution in [3.8, 4) is 0 Å². The number of carbonyl (C=O) groups excluding carboxylic acids is 1. The molecule has 6 heteroatoms. The van der Waals surface area contributed by atoms with Gasteiger partial charge < -0.3 is 19.5 Å². The van der Waals surface area contributed by atoms with Crippen molar-refractivity contribution in [1.29, 1.82) is 0 Å². The van der Waals surface area contributed by atoms with E-state index in [1.54, 1.807) is 6.07 Å². The normalized spacial score (nSPS) is 17.4. The zero-order chi connectivity index (χ0) is 16.1. The molecule has 6 nitrogen and oxygen atoms in total. The molecule has 22 heavy (non-hydrogen) atoms. The van der Waals surface area contributed by atoms with Gasteiger partial charge in [0.1, 0.15) is 6.61 Å². The average Bonchev–Trinajstić information content (AvgIpc) is 2.46. The van der Waals surface area contributed by atoms with Crippen LogP contribution >= 0.6 is 0 Å². The molecular formula is C16H25N3O3. The number of nitrogens with one attached hydrogen (secondary N) is 1. The molecule has 0 unspecified atom stereocenters. The molecule has 0 fully saturated rings. The highest BCUT2D eigenvalue weighted by Gasteiger charge is 2.22. The number of hydrogen-bond acceptors (Lipinski definition) is 4. The second-order valence-electron chi connectivity index (χ2n) is 6.04. The lowest BCUT2D eigenvalue weighted by Crippen LogP contribution is -2.42. The minimum absolute atomic E-state index is 0.0578. The largest absolute Gasteiger partial charge is 0.375 e. The van der Waals surface area contributed by atoms with Crippen molar-refractivity contribution in [2.24, 2.45) is 0 Å². The predicted molar refractivity (Wildman–Crippen MR) is 85.1 cm³/mol. The van der Waals surface area contributed by atoms with Crippen LogP contribution in [0.2, 0.25) is 0 Å². The van der Waals surface area contributed by atoms with E-state index in [0.717, 1.165) is 37.1 Å². The molecule has 2 rings (SSSR count). The molecule has 0 bridgehead atoms. The molecule has 1 aliphatic rings. The van der Waals surface area contributed by atoms with Gasteiger partial charge in [0, 0.05) is 38.0 Å². The van der Waals surface area contributed by atoms with E-state index in [-0.39, 0.29) is 24.1 Å². The van der Waals surface area contributed by atoms with E-state index in [2.05, 4.69) is 10.2 Å². The Kier molecular flexibility index (Phi) is 5.74. The number of aromatic nitrogens is 1. The van der Waals surface area contributed by atoms with Gasteiger partial charge in [0.25, 0.3) is 5.56 Å². The summed E-state index contributed by atoms with van der Waals surface area (Å²) in [6.07, 6.45) is 2.44. The molecule has 0 aromatic carbocycles. The summed E-state index contributed by atoms with van der Waals surface area (Å²) in [4.78, 5) is 25.8. The van der Waals surface area contributed by atoms with Gasteiger partial charge in [-0.1, -0.05) is 6.07 Å². The number of amides is 1. The summed E-state index contributed by atoms with van der Waals surface area (Å²) < 4.78 is 6.72. The van der Waals surface area contributed by atoms with E-state index in [4.69, 9.17) is 4.74 Å². The van der Waals surface area contributed by atoms with Gasteiger partial charge >= 0.3 is 0 Å². The third kappa shape index (κ3) is 4.18. The molecule has 0 saturated carbocycles. The zero-order valence-corrected chi connectivity index (χ0v) is 13.6. The fourth-order valence-corrected chi connectivity index (χ4v) is 2.89. The minimum Gasteiger partial charge on any atom is -0.375 e. The third-order valence-electron chi connectivity index (χ3n) is 4.00. The lowest BCUT2D eigenvalue weighted by Gasteiger charge is -2.28. The molecule has 1 aromatic rings. The van der Waals surface area contributed by atoms with Gasteiger partial charge in [0.2, 0.25) is 5.91 Å². The number of carbonyl (C=O) groups is 1. The van der Waals surface area contributed by atoms with Crippen molar-refractivity contribution in [1.82, 2.24) is 14.8 Å². The van der Waals surface area contributed by atoms with Crippen molar-refractivity contribution in [2.75, 3.05) is 34.4 Å². The van der Waals surface area contributed by atoms with Gasteiger partial charge in [-0.3, -0.25) is 9.59 Å². The average molecular weight is 307 g/mol. The fraction of sp³-hybridized carbons (Fsp3) is 0.625. The molecule has 0 radical (unpaired) electrons. The summed E-state index contributed by atoms with van der Waals surface area (Å²) in [6, 6.07) is 3.65. The number of rotatable bonds is 6. The maximum atomic E-state index is 12.1. The fourth-order valence-electron chi connectivity index (χ4n) is 2.89. The molecule has 1 aromatic heterocycles. The van der Waals surface area contributed by atoms with Crippen LogP contribution in [0.1, 0.15) is 17.7 Å². The number of likely N-dealkylation sites (N-methyl/N-ethyl adjacent to an activating group) is 1. The zero-order valence-electron chi connectivity index (χ0n) is 13.6. The molecule has 1 heterocycles. The maximum Gasteiger partial charge on any atom is 0.250 e. The highest BCUT2D eigenvalue weighted by Crippen LogP contribution is 2.20. The summed E-state index contributed by atoms with van der Waals surface area (Å²) in [5.74, 6) is -0.0862. The van der Waals surface area contributed by atoms with Crippen LogP contribution in [0.25, 0.3) is 0 Å². The monoisotopic (exact) mass is 307 g/mol. The first-order valence-corrected chi connectivity index (χ1v) is 7.66. The predicted octanol–water partition coefficient (Wildman–Crippen LogP) is 0.0298. The maximum absolute atomic E-state index is 12.1. The number of fused-ring (bicyclic) bond motifs is 1. The van der Waals surface area contributed by atoms with E-state index in [1.807, 2.05) is 24.7 Å². The van der Waals surface area contributed by atoms with Crippen molar-refractivity contribution < 1.29 is 9.53 Å². The first-order chi connectivity index (χ1) is 10.5. The van der Waals surface area contributed by atoms with Crippen LogP contribution in [0.3, 0.4) is 0 Å². The summed E-state index contributed by atoms with van der Waals surface area (Å²) in [5.41, 5.74) is 2.33. The second kappa shape index (κ2) is 7.56. The van der Waals surface area contributed by atoms with Gasteiger partial charge in [-0.05, 0) is 38.9 Å². The van der Waals surface area contributed by atoms with Crippen LogP contribution < -0.4 is 10.9 Å². The van der Waals surface area contributed by atoms with Gasteiger partial charge in [0.05, 0.1) is 0 Å². The van der Waals surface area contributed by atoms with Crippen LogP contribution in [-0.4, -0.2) is 55.8 Å². The number of pyridine rings is 1. The molecule has 0 saturated heterocycles. The van der Waals surface area contributed by atoms with Crippen molar-refractivity contribution in [2.45, 2.75) is 31.8 Å². The van der Waals surface area contributed by atoms with Crippen LogP contribution in [-0.2, 0) is 28.9 Å². The Bertz CT molecular complexity index is 580. The number of hydrogen-bond donors (Lipinski definition) is 1. The lowest BCUT2D eigenvalue weighted by atomic mass is 9.91. The SMILES string of the molecule is COCC(=O)N[C@@H]1CCc2c(ccc(=O)n2CCN(C)C)C1. The first-order valence-electron chi connectivity index (χ1n) is 7.66. The molecule has 1 amide bonds. The Labute approximate surface area is 131 Å². The van der Waals surface area contributed by atoms with E-state index in [0.29, 0.717) is 6.54 Å². The summed E-state index contributed by atoms with van der Waals surface area (Å²) >= 11 is 0. The summed E-state index contributed by atoms with van der Waals surface area (Å²) in [5, 5.41) is 2.99. The lowest BCUT2D eigenvalue weighted by molar-refractivity contribution is -0.125. The molecule has 122 valence electrons.